The fourth-order valence-electron chi connectivity index (χ4n) is 1.87. The fraction of sp³-hybridized carbons (Fsp3) is 0.286. The summed E-state index contributed by atoms with van der Waals surface area (Å²) in [5.41, 5.74) is 7.51. The highest BCUT2D eigenvalue weighted by Gasteiger charge is 2.08. The summed E-state index contributed by atoms with van der Waals surface area (Å²) in [5, 5.41) is 7.43. The summed E-state index contributed by atoms with van der Waals surface area (Å²) in [4.78, 5) is 11.2. The van der Waals surface area contributed by atoms with Crippen LogP contribution in [-0.4, -0.2) is 22.8 Å². The van der Waals surface area contributed by atoms with Gasteiger partial charge in [-0.2, -0.15) is 5.10 Å². The number of nitrogens with one attached hydrogen (secondary N) is 1. The van der Waals surface area contributed by atoms with Crippen molar-refractivity contribution in [2.24, 2.45) is 5.73 Å². The Morgan fingerprint density at radius 2 is 2.30 bits per heavy atom. The van der Waals surface area contributed by atoms with Crippen LogP contribution in [-0.2, 0) is 13.1 Å². The van der Waals surface area contributed by atoms with Gasteiger partial charge in [0.2, 0.25) is 5.91 Å². The molecule has 0 fully saturated rings. The van der Waals surface area contributed by atoms with Crippen LogP contribution in [0.15, 0.2) is 30.6 Å². The predicted octanol–water partition coefficient (Wildman–Crippen LogP) is 1.62. The van der Waals surface area contributed by atoms with Gasteiger partial charge >= 0.3 is 0 Å². The topological polar surface area (TPSA) is 82.2 Å². The first kappa shape index (κ1) is 13.9. The lowest BCUT2D eigenvalue weighted by molar-refractivity contribution is 0.100. The van der Waals surface area contributed by atoms with E-state index in [0.29, 0.717) is 17.9 Å². The summed E-state index contributed by atoms with van der Waals surface area (Å²) in [6.07, 6.45) is 3.78. The van der Waals surface area contributed by atoms with Gasteiger partial charge in [0.1, 0.15) is 5.75 Å². The maximum absolute atomic E-state index is 11.2. The van der Waals surface area contributed by atoms with E-state index < -0.39 is 5.91 Å². The number of ether oxygens (including phenoxy) is 1. The van der Waals surface area contributed by atoms with Crippen LogP contribution in [0.1, 0.15) is 22.8 Å². The molecule has 20 heavy (non-hydrogen) atoms. The standard InChI is InChI=1S/C14H18N4O2/c1-3-18-9-10(8-17-18)7-16-12-6-11(14(15)19)4-5-13(12)20-2/h4-6,8-9,16H,3,7H2,1-2H3,(H2,15,19). The van der Waals surface area contributed by atoms with Crippen molar-refractivity contribution in [1.82, 2.24) is 9.78 Å². The second-order valence-corrected chi connectivity index (χ2v) is 4.34. The number of primary amides is 1. The van der Waals surface area contributed by atoms with E-state index in [1.807, 2.05) is 17.8 Å². The molecule has 0 aliphatic carbocycles. The minimum atomic E-state index is -0.463. The van der Waals surface area contributed by atoms with Crippen LogP contribution in [0.2, 0.25) is 0 Å². The molecular formula is C14H18N4O2. The molecule has 0 radical (unpaired) electrons. The van der Waals surface area contributed by atoms with E-state index in [1.54, 1.807) is 31.5 Å². The number of carbonyl (C=O) groups is 1. The second kappa shape index (κ2) is 6.10. The monoisotopic (exact) mass is 274 g/mol. The summed E-state index contributed by atoms with van der Waals surface area (Å²) in [5.74, 6) is 0.201. The van der Waals surface area contributed by atoms with Gasteiger partial charge in [-0.25, -0.2) is 0 Å². The number of nitrogens with two attached hydrogens (primary N) is 1. The number of anilines is 1. The highest BCUT2D eigenvalue weighted by molar-refractivity contribution is 5.94. The largest absolute Gasteiger partial charge is 0.495 e. The van der Waals surface area contributed by atoms with Crippen LogP contribution in [0.3, 0.4) is 0 Å². The molecule has 6 nitrogen and oxygen atoms in total. The number of benzene rings is 1. The molecule has 3 N–H and O–H groups in total. The molecule has 1 heterocycles. The van der Waals surface area contributed by atoms with Gasteiger partial charge in [0.05, 0.1) is 19.0 Å². The van der Waals surface area contributed by atoms with E-state index in [4.69, 9.17) is 10.5 Å². The van der Waals surface area contributed by atoms with Gasteiger partial charge in [-0.05, 0) is 25.1 Å². The molecule has 2 rings (SSSR count). The summed E-state index contributed by atoms with van der Waals surface area (Å²) in [6, 6.07) is 5.05. The number of aromatic nitrogens is 2. The predicted molar refractivity (Wildman–Crippen MR) is 76.7 cm³/mol. The summed E-state index contributed by atoms with van der Waals surface area (Å²) in [7, 11) is 1.58. The Kier molecular flexibility index (Phi) is 4.24. The molecule has 1 aromatic heterocycles. The van der Waals surface area contributed by atoms with Gasteiger partial charge in [-0.15, -0.1) is 0 Å². The third-order valence-electron chi connectivity index (χ3n) is 2.98. The molecule has 0 spiro atoms. The first-order valence-electron chi connectivity index (χ1n) is 6.37. The van der Waals surface area contributed by atoms with Crippen molar-refractivity contribution in [2.75, 3.05) is 12.4 Å². The lowest BCUT2D eigenvalue weighted by atomic mass is 10.1. The summed E-state index contributed by atoms with van der Waals surface area (Å²) < 4.78 is 7.11. The molecule has 2 aromatic rings. The van der Waals surface area contributed by atoms with Gasteiger partial charge in [0, 0.05) is 30.4 Å². The average Bonchev–Trinajstić information content (AvgIpc) is 2.92. The average molecular weight is 274 g/mol. The normalized spacial score (nSPS) is 10.3. The number of hydrogen-bond acceptors (Lipinski definition) is 4. The van der Waals surface area contributed by atoms with E-state index in [1.165, 1.54) is 0 Å². The maximum Gasteiger partial charge on any atom is 0.248 e. The number of rotatable bonds is 6. The van der Waals surface area contributed by atoms with Crippen molar-refractivity contribution in [3.8, 4) is 5.75 Å². The second-order valence-electron chi connectivity index (χ2n) is 4.34. The molecule has 0 atom stereocenters. The number of hydrogen-bond donors (Lipinski definition) is 2. The lowest BCUT2D eigenvalue weighted by Gasteiger charge is -2.11. The van der Waals surface area contributed by atoms with Crippen molar-refractivity contribution in [3.05, 3.63) is 41.7 Å². The molecule has 0 saturated heterocycles. The lowest BCUT2D eigenvalue weighted by Crippen LogP contribution is -2.11. The maximum atomic E-state index is 11.2. The minimum absolute atomic E-state index is 0.442. The van der Waals surface area contributed by atoms with E-state index >= 15 is 0 Å². The molecule has 6 heteroatoms. The van der Waals surface area contributed by atoms with Crippen LogP contribution in [0, 0.1) is 0 Å². The zero-order chi connectivity index (χ0) is 14.5. The zero-order valence-corrected chi connectivity index (χ0v) is 11.6. The Hall–Kier alpha value is -2.50. The first-order valence-corrected chi connectivity index (χ1v) is 6.37. The highest BCUT2D eigenvalue weighted by atomic mass is 16.5. The van der Waals surface area contributed by atoms with Crippen LogP contribution >= 0.6 is 0 Å². The van der Waals surface area contributed by atoms with Crippen molar-refractivity contribution >= 4 is 11.6 Å². The molecule has 1 aromatic carbocycles. The SMILES string of the molecule is CCn1cc(CNc2cc(C(N)=O)ccc2OC)cn1. The molecule has 0 aliphatic heterocycles. The Balaban J connectivity index is 2.14. The molecule has 106 valence electrons. The van der Waals surface area contributed by atoms with E-state index in [0.717, 1.165) is 17.8 Å². The van der Waals surface area contributed by atoms with Crippen LogP contribution in [0.4, 0.5) is 5.69 Å². The minimum Gasteiger partial charge on any atom is -0.495 e. The number of amides is 1. The zero-order valence-electron chi connectivity index (χ0n) is 11.6. The number of methoxy groups -OCH3 is 1. The van der Waals surface area contributed by atoms with Crippen LogP contribution in [0.25, 0.3) is 0 Å². The van der Waals surface area contributed by atoms with Gasteiger partial charge in [0.25, 0.3) is 0 Å². The summed E-state index contributed by atoms with van der Waals surface area (Å²) in [6.45, 7) is 3.46. The number of nitrogens with zero attached hydrogens (tertiary/aromatic N) is 2. The van der Waals surface area contributed by atoms with Gasteiger partial charge in [0.15, 0.2) is 0 Å². The quantitative estimate of drug-likeness (QED) is 0.838. The van der Waals surface area contributed by atoms with Gasteiger partial charge in [-0.3, -0.25) is 9.48 Å². The van der Waals surface area contributed by atoms with Gasteiger partial charge in [-0.1, -0.05) is 0 Å². The number of carbonyl (C=O) groups excluding carboxylic acids is 1. The Bertz CT molecular complexity index is 607. The molecule has 0 saturated carbocycles. The van der Waals surface area contributed by atoms with Crippen LogP contribution < -0.4 is 15.8 Å². The molecule has 0 unspecified atom stereocenters. The van der Waals surface area contributed by atoms with Crippen molar-refractivity contribution in [2.45, 2.75) is 20.0 Å². The Morgan fingerprint density at radius 3 is 2.90 bits per heavy atom. The van der Waals surface area contributed by atoms with Crippen molar-refractivity contribution < 1.29 is 9.53 Å². The van der Waals surface area contributed by atoms with Crippen LogP contribution in [0.5, 0.6) is 5.75 Å². The third kappa shape index (κ3) is 3.09. The van der Waals surface area contributed by atoms with E-state index in [-0.39, 0.29) is 0 Å². The van der Waals surface area contributed by atoms with E-state index in [9.17, 15) is 4.79 Å². The fourth-order valence-corrected chi connectivity index (χ4v) is 1.87. The molecule has 0 bridgehead atoms. The molecule has 1 amide bonds. The first-order chi connectivity index (χ1) is 9.63. The van der Waals surface area contributed by atoms with Crippen molar-refractivity contribution in [1.29, 1.82) is 0 Å². The summed E-state index contributed by atoms with van der Waals surface area (Å²) >= 11 is 0. The third-order valence-corrected chi connectivity index (χ3v) is 2.98. The smallest absolute Gasteiger partial charge is 0.248 e. The van der Waals surface area contributed by atoms with Gasteiger partial charge < -0.3 is 15.8 Å². The highest BCUT2D eigenvalue weighted by Crippen LogP contribution is 2.25. The molecule has 0 aliphatic rings. The molecular weight excluding hydrogens is 256 g/mol. The number of aryl methyl sites for hydroxylation is 1. The van der Waals surface area contributed by atoms with Crippen molar-refractivity contribution in [3.63, 3.8) is 0 Å². The van der Waals surface area contributed by atoms with E-state index in [2.05, 4.69) is 10.4 Å². The Morgan fingerprint density at radius 1 is 1.50 bits per heavy atom. The Labute approximate surface area is 117 Å².